The third kappa shape index (κ3) is 8.76. The second-order valence-corrected chi connectivity index (χ2v) is 6.01. The molecule has 0 aliphatic carbocycles. The molecule has 0 fully saturated rings. The van der Waals surface area contributed by atoms with E-state index >= 15 is 0 Å². The average Bonchev–Trinajstić information content (AvgIpc) is 3.09. The molecule has 1 heterocycles. The number of carbonyl (C=O) groups excluding carboxylic acids is 1. The topological polar surface area (TPSA) is 87.5 Å². The zero-order valence-electron chi connectivity index (χ0n) is 16.0. The van der Waals surface area contributed by atoms with Crippen LogP contribution in [0.15, 0.2) is 30.5 Å². The lowest BCUT2D eigenvalue weighted by Crippen LogP contribution is -2.15. The number of carbonyl (C=O) groups is 1. The summed E-state index contributed by atoms with van der Waals surface area (Å²) in [6.07, 6.45) is 3.11. The van der Waals surface area contributed by atoms with Gasteiger partial charge in [-0.3, -0.25) is 9.48 Å². The summed E-state index contributed by atoms with van der Waals surface area (Å²) in [4.78, 5) is 11.8. The van der Waals surface area contributed by atoms with Gasteiger partial charge in [0.05, 0.1) is 52.3 Å². The summed E-state index contributed by atoms with van der Waals surface area (Å²) in [5, 5.41) is 10.6. The van der Waals surface area contributed by atoms with Crippen molar-refractivity contribution in [2.75, 3.05) is 38.4 Å². The number of nitrogens with one attached hydrogen (secondary N) is 1. The van der Waals surface area contributed by atoms with Crippen LogP contribution in [0.5, 0.6) is 0 Å². The monoisotopic (exact) mass is 376 g/mol. The number of rotatable bonds is 13. The van der Waals surface area contributed by atoms with E-state index in [1.807, 2.05) is 37.5 Å². The highest BCUT2D eigenvalue weighted by molar-refractivity contribution is 5.90. The van der Waals surface area contributed by atoms with Gasteiger partial charge in [0.25, 0.3) is 0 Å². The molecule has 0 bridgehead atoms. The number of nitrogens with zero attached hydrogens (tertiary/aromatic N) is 3. The van der Waals surface area contributed by atoms with Crippen molar-refractivity contribution in [3.8, 4) is 0 Å². The van der Waals surface area contributed by atoms with Gasteiger partial charge >= 0.3 is 0 Å². The highest BCUT2D eigenvalue weighted by Gasteiger charge is 2.03. The van der Waals surface area contributed by atoms with Crippen LogP contribution >= 0.6 is 0 Å². The molecule has 0 saturated carbocycles. The smallest absolute Gasteiger partial charge is 0.226 e. The van der Waals surface area contributed by atoms with E-state index < -0.39 is 0 Å². The Kier molecular flexibility index (Phi) is 9.47. The van der Waals surface area contributed by atoms with Crippen molar-refractivity contribution in [3.63, 3.8) is 0 Å². The van der Waals surface area contributed by atoms with E-state index in [0.717, 1.165) is 17.8 Å². The number of aryl methyl sites for hydroxylation is 2. The van der Waals surface area contributed by atoms with E-state index in [-0.39, 0.29) is 5.91 Å². The largest absolute Gasteiger partial charge is 0.379 e. The Balaban J connectivity index is 1.41. The summed E-state index contributed by atoms with van der Waals surface area (Å²) in [6.45, 7) is 4.77. The number of anilines is 1. The highest BCUT2D eigenvalue weighted by atomic mass is 16.5. The molecular weight excluding hydrogens is 348 g/mol. The van der Waals surface area contributed by atoms with E-state index in [9.17, 15) is 4.79 Å². The predicted octanol–water partition coefficient (Wildman–Crippen LogP) is 1.96. The molecule has 8 nitrogen and oxygen atoms in total. The Labute approximate surface area is 159 Å². The molecule has 1 N–H and O–H groups in total. The Morgan fingerprint density at radius 3 is 2.33 bits per heavy atom. The van der Waals surface area contributed by atoms with Crippen LogP contribution in [0.4, 0.5) is 5.69 Å². The quantitative estimate of drug-likeness (QED) is 0.538. The molecule has 0 saturated heterocycles. The van der Waals surface area contributed by atoms with Gasteiger partial charge in [-0.05, 0) is 24.1 Å². The number of benzene rings is 1. The first kappa shape index (κ1) is 21.0. The fourth-order valence-corrected chi connectivity index (χ4v) is 2.29. The number of ether oxygens (including phenoxy) is 3. The summed E-state index contributed by atoms with van der Waals surface area (Å²) < 4.78 is 17.9. The second-order valence-electron chi connectivity index (χ2n) is 6.01. The fraction of sp³-hybridized carbons (Fsp3) is 0.526. The standard InChI is InChI=1S/C19H28N4O4/c1-3-16-4-6-17(7-5-16)20-19(24)8-9-25-10-11-26-12-13-27-15-18-14-23(2)22-21-18/h4-7,14H,3,8-13,15H2,1-2H3,(H,20,24). The van der Waals surface area contributed by atoms with Gasteiger partial charge in [0.2, 0.25) is 5.91 Å². The van der Waals surface area contributed by atoms with Crippen molar-refractivity contribution < 1.29 is 19.0 Å². The first-order chi connectivity index (χ1) is 13.2. The van der Waals surface area contributed by atoms with Crippen molar-refractivity contribution in [2.45, 2.75) is 26.4 Å². The normalized spacial score (nSPS) is 10.9. The fourth-order valence-electron chi connectivity index (χ4n) is 2.29. The third-order valence-corrected chi connectivity index (χ3v) is 3.76. The summed E-state index contributed by atoms with van der Waals surface area (Å²) in [7, 11) is 1.81. The first-order valence-corrected chi connectivity index (χ1v) is 9.14. The molecule has 0 aliphatic rings. The molecule has 0 aliphatic heterocycles. The molecule has 2 rings (SSSR count). The van der Waals surface area contributed by atoms with Crippen LogP contribution in [0.3, 0.4) is 0 Å². The van der Waals surface area contributed by atoms with Crippen LogP contribution in [-0.2, 0) is 39.1 Å². The Morgan fingerprint density at radius 2 is 1.70 bits per heavy atom. The molecule has 1 aromatic heterocycles. The zero-order chi connectivity index (χ0) is 19.3. The molecular formula is C19H28N4O4. The van der Waals surface area contributed by atoms with Crippen LogP contribution in [0.25, 0.3) is 0 Å². The van der Waals surface area contributed by atoms with Crippen LogP contribution in [-0.4, -0.2) is 53.9 Å². The maximum Gasteiger partial charge on any atom is 0.226 e. The number of aromatic nitrogens is 3. The predicted molar refractivity (Wildman–Crippen MR) is 101 cm³/mol. The molecule has 148 valence electrons. The number of amides is 1. The minimum Gasteiger partial charge on any atom is -0.379 e. The van der Waals surface area contributed by atoms with Crippen molar-refractivity contribution in [1.82, 2.24) is 15.0 Å². The molecule has 1 amide bonds. The first-order valence-electron chi connectivity index (χ1n) is 9.14. The Bertz CT molecular complexity index is 673. The lowest BCUT2D eigenvalue weighted by Gasteiger charge is -2.07. The van der Waals surface area contributed by atoms with Gasteiger partial charge in [-0.25, -0.2) is 0 Å². The molecule has 27 heavy (non-hydrogen) atoms. The SMILES string of the molecule is CCc1ccc(NC(=O)CCOCCOCCOCc2cn(C)nn2)cc1. The molecule has 1 aromatic carbocycles. The van der Waals surface area contributed by atoms with E-state index in [1.165, 1.54) is 5.56 Å². The minimum atomic E-state index is -0.0578. The van der Waals surface area contributed by atoms with Gasteiger partial charge in [-0.15, -0.1) is 5.10 Å². The zero-order valence-corrected chi connectivity index (χ0v) is 16.0. The van der Waals surface area contributed by atoms with Gasteiger partial charge in [0.1, 0.15) is 5.69 Å². The number of hydrogen-bond donors (Lipinski definition) is 1. The summed E-state index contributed by atoms with van der Waals surface area (Å²) in [6, 6.07) is 7.86. The van der Waals surface area contributed by atoms with E-state index in [4.69, 9.17) is 14.2 Å². The minimum absolute atomic E-state index is 0.0578. The van der Waals surface area contributed by atoms with Crippen molar-refractivity contribution in [1.29, 1.82) is 0 Å². The molecule has 0 unspecified atom stereocenters. The lowest BCUT2D eigenvalue weighted by molar-refractivity contribution is -0.117. The van der Waals surface area contributed by atoms with Crippen molar-refractivity contribution in [2.24, 2.45) is 7.05 Å². The van der Waals surface area contributed by atoms with Crippen molar-refractivity contribution in [3.05, 3.63) is 41.7 Å². The summed E-state index contributed by atoms with van der Waals surface area (Å²) in [5.41, 5.74) is 2.85. The van der Waals surface area contributed by atoms with Crippen LogP contribution in [0.2, 0.25) is 0 Å². The molecule has 0 atom stereocenters. The molecule has 0 spiro atoms. The average molecular weight is 376 g/mol. The van der Waals surface area contributed by atoms with E-state index in [0.29, 0.717) is 46.1 Å². The maximum absolute atomic E-state index is 11.8. The highest BCUT2D eigenvalue weighted by Crippen LogP contribution is 2.10. The Morgan fingerprint density at radius 1 is 1.04 bits per heavy atom. The van der Waals surface area contributed by atoms with Gasteiger partial charge in [0, 0.05) is 12.7 Å². The van der Waals surface area contributed by atoms with Crippen LogP contribution < -0.4 is 5.32 Å². The second kappa shape index (κ2) is 12.2. The van der Waals surface area contributed by atoms with Gasteiger partial charge in [0.15, 0.2) is 0 Å². The molecule has 8 heteroatoms. The van der Waals surface area contributed by atoms with Crippen LogP contribution in [0, 0.1) is 0 Å². The van der Waals surface area contributed by atoms with Crippen LogP contribution in [0.1, 0.15) is 24.6 Å². The summed E-state index contributed by atoms with van der Waals surface area (Å²) >= 11 is 0. The maximum atomic E-state index is 11.8. The lowest BCUT2D eigenvalue weighted by atomic mass is 10.1. The van der Waals surface area contributed by atoms with Gasteiger partial charge < -0.3 is 19.5 Å². The van der Waals surface area contributed by atoms with Gasteiger partial charge in [-0.1, -0.05) is 24.3 Å². The third-order valence-electron chi connectivity index (χ3n) is 3.76. The Hall–Kier alpha value is -2.29. The van der Waals surface area contributed by atoms with E-state index in [2.05, 4.69) is 22.6 Å². The number of hydrogen-bond acceptors (Lipinski definition) is 6. The molecule has 0 radical (unpaired) electrons. The van der Waals surface area contributed by atoms with Gasteiger partial charge in [-0.2, -0.15) is 0 Å². The summed E-state index contributed by atoms with van der Waals surface area (Å²) in [5.74, 6) is -0.0578. The van der Waals surface area contributed by atoms with Crippen molar-refractivity contribution >= 4 is 11.6 Å². The van der Waals surface area contributed by atoms with E-state index in [1.54, 1.807) is 4.68 Å². The molecule has 2 aromatic rings.